The van der Waals surface area contributed by atoms with Crippen molar-refractivity contribution in [2.24, 2.45) is 0 Å². The van der Waals surface area contributed by atoms with Crippen LogP contribution >= 0.6 is 11.8 Å². The number of aliphatic hydroxyl groups is 1. The lowest BCUT2D eigenvalue weighted by molar-refractivity contribution is 0.0494. The summed E-state index contributed by atoms with van der Waals surface area (Å²) in [5.74, 6) is 0. The number of nitrogens with zero attached hydrogens (tertiary/aromatic N) is 1. The molecule has 4 heteroatoms. The minimum absolute atomic E-state index is 0.162. The second kappa shape index (κ2) is 6.75. The van der Waals surface area contributed by atoms with Gasteiger partial charge in [0, 0.05) is 37.1 Å². The molecular weight excluding hydrogens is 256 g/mol. The highest BCUT2D eigenvalue weighted by atomic mass is 32.2. The van der Waals surface area contributed by atoms with E-state index in [1.54, 1.807) is 11.8 Å². The molecule has 1 aliphatic heterocycles. The topological polar surface area (TPSA) is 35.5 Å². The van der Waals surface area contributed by atoms with Gasteiger partial charge in [0.2, 0.25) is 0 Å². The molecule has 0 aliphatic carbocycles. The summed E-state index contributed by atoms with van der Waals surface area (Å²) in [6.07, 6.45) is 1.65. The Morgan fingerprint density at radius 3 is 2.63 bits per heavy atom. The highest BCUT2D eigenvalue weighted by molar-refractivity contribution is 7.98. The molecular formula is C15H24N2OS. The van der Waals surface area contributed by atoms with Crippen molar-refractivity contribution in [1.29, 1.82) is 0 Å². The molecule has 0 bridgehead atoms. The third-order valence-corrected chi connectivity index (χ3v) is 4.70. The van der Waals surface area contributed by atoms with Gasteiger partial charge in [-0.3, -0.25) is 4.90 Å². The molecule has 1 heterocycles. The third-order valence-electron chi connectivity index (χ3n) is 3.89. The van der Waals surface area contributed by atoms with E-state index in [9.17, 15) is 5.11 Å². The molecule has 2 unspecified atom stereocenters. The highest BCUT2D eigenvalue weighted by Gasteiger charge is 2.25. The maximum atomic E-state index is 10.7. The van der Waals surface area contributed by atoms with Gasteiger partial charge >= 0.3 is 0 Å². The number of piperazine rings is 1. The van der Waals surface area contributed by atoms with E-state index in [0.29, 0.717) is 0 Å². The van der Waals surface area contributed by atoms with E-state index in [4.69, 9.17) is 0 Å². The summed E-state index contributed by atoms with van der Waals surface area (Å²) < 4.78 is 0. The Balaban J connectivity index is 2.17. The molecule has 1 fully saturated rings. The van der Waals surface area contributed by atoms with Crippen molar-refractivity contribution in [3.8, 4) is 0 Å². The van der Waals surface area contributed by atoms with Crippen molar-refractivity contribution in [3.05, 3.63) is 29.3 Å². The van der Waals surface area contributed by atoms with Crippen LogP contribution in [0.4, 0.5) is 0 Å². The molecule has 2 N–H and O–H groups in total. The number of benzene rings is 1. The standard InChI is InChI=1S/C15H24N2OS/c1-11-4-5-14(19-3)13(10-11)15(18)12(2)17-8-6-16-7-9-17/h4-5,10,12,15-16,18H,6-9H2,1-3H3. The first kappa shape index (κ1) is 14.9. The number of hydrogen-bond donors (Lipinski definition) is 2. The average molecular weight is 280 g/mol. The van der Waals surface area contributed by atoms with Crippen LogP contribution in [0.3, 0.4) is 0 Å². The van der Waals surface area contributed by atoms with Crippen LogP contribution < -0.4 is 5.32 Å². The van der Waals surface area contributed by atoms with Gasteiger partial charge in [-0.1, -0.05) is 17.7 Å². The van der Waals surface area contributed by atoms with Crippen molar-refractivity contribution in [1.82, 2.24) is 10.2 Å². The molecule has 0 spiro atoms. The quantitative estimate of drug-likeness (QED) is 0.828. The summed E-state index contributed by atoms with van der Waals surface area (Å²) in [6.45, 7) is 8.26. The molecule has 1 aromatic carbocycles. The van der Waals surface area contributed by atoms with E-state index in [1.165, 1.54) is 10.5 Å². The first-order chi connectivity index (χ1) is 9.13. The van der Waals surface area contributed by atoms with Crippen molar-refractivity contribution in [2.45, 2.75) is 30.9 Å². The van der Waals surface area contributed by atoms with Crippen molar-refractivity contribution >= 4 is 11.8 Å². The van der Waals surface area contributed by atoms with Crippen LogP contribution in [0.1, 0.15) is 24.2 Å². The maximum Gasteiger partial charge on any atom is 0.0953 e. The van der Waals surface area contributed by atoms with Crippen molar-refractivity contribution in [2.75, 3.05) is 32.4 Å². The van der Waals surface area contributed by atoms with E-state index in [2.05, 4.69) is 48.5 Å². The van der Waals surface area contributed by atoms with Crippen molar-refractivity contribution in [3.63, 3.8) is 0 Å². The minimum Gasteiger partial charge on any atom is -0.387 e. The Morgan fingerprint density at radius 1 is 1.32 bits per heavy atom. The monoisotopic (exact) mass is 280 g/mol. The molecule has 0 amide bonds. The number of aliphatic hydroxyl groups excluding tert-OH is 1. The highest BCUT2D eigenvalue weighted by Crippen LogP contribution is 2.30. The fraction of sp³-hybridized carbons (Fsp3) is 0.600. The normalized spacial score (nSPS) is 20.2. The third kappa shape index (κ3) is 3.51. The SMILES string of the molecule is CSc1ccc(C)cc1C(O)C(C)N1CCNCC1. The molecule has 1 aliphatic rings. The van der Waals surface area contributed by atoms with Crippen LogP contribution in [0.25, 0.3) is 0 Å². The van der Waals surface area contributed by atoms with Gasteiger partial charge in [-0.25, -0.2) is 0 Å². The summed E-state index contributed by atoms with van der Waals surface area (Å²) >= 11 is 1.71. The first-order valence-electron chi connectivity index (χ1n) is 6.91. The van der Waals surface area contributed by atoms with Crippen LogP contribution in [0.5, 0.6) is 0 Å². The second-order valence-electron chi connectivity index (χ2n) is 5.22. The largest absolute Gasteiger partial charge is 0.387 e. The van der Waals surface area contributed by atoms with Gasteiger partial charge in [-0.2, -0.15) is 0 Å². The van der Waals surface area contributed by atoms with Gasteiger partial charge < -0.3 is 10.4 Å². The van der Waals surface area contributed by atoms with Crippen LogP contribution in [0.15, 0.2) is 23.1 Å². The van der Waals surface area contributed by atoms with Crippen LogP contribution in [0, 0.1) is 6.92 Å². The van der Waals surface area contributed by atoms with Gasteiger partial charge in [-0.05, 0) is 31.7 Å². The lowest BCUT2D eigenvalue weighted by Gasteiger charge is -2.36. The molecule has 19 heavy (non-hydrogen) atoms. The van der Waals surface area contributed by atoms with E-state index in [-0.39, 0.29) is 6.04 Å². The summed E-state index contributed by atoms with van der Waals surface area (Å²) in [7, 11) is 0. The molecule has 0 radical (unpaired) electrons. The molecule has 2 atom stereocenters. The second-order valence-corrected chi connectivity index (χ2v) is 6.06. The Morgan fingerprint density at radius 2 is 2.00 bits per heavy atom. The molecule has 2 rings (SSSR count). The minimum atomic E-state index is -0.416. The van der Waals surface area contributed by atoms with Gasteiger partial charge in [0.05, 0.1) is 6.10 Å². The van der Waals surface area contributed by atoms with E-state index in [1.807, 2.05) is 0 Å². The lowest BCUT2D eigenvalue weighted by atomic mass is 10.00. The predicted octanol–water partition coefficient (Wildman–Crippen LogP) is 2.04. The Labute approximate surface area is 120 Å². The number of thioether (sulfide) groups is 1. The molecule has 0 aromatic heterocycles. The number of hydrogen-bond acceptors (Lipinski definition) is 4. The zero-order valence-corrected chi connectivity index (χ0v) is 12.8. The average Bonchev–Trinajstić information content (AvgIpc) is 2.46. The number of nitrogens with one attached hydrogen (secondary N) is 1. The van der Waals surface area contributed by atoms with Crippen LogP contribution in [0.2, 0.25) is 0 Å². The van der Waals surface area contributed by atoms with Gasteiger partial charge in [0.25, 0.3) is 0 Å². The first-order valence-corrected chi connectivity index (χ1v) is 8.13. The summed E-state index contributed by atoms with van der Waals surface area (Å²) in [6, 6.07) is 6.50. The zero-order valence-electron chi connectivity index (χ0n) is 12.0. The van der Waals surface area contributed by atoms with E-state index < -0.39 is 6.10 Å². The van der Waals surface area contributed by atoms with Gasteiger partial charge in [-0.15, -0.1) is 11.8 Å². The molecule has 106 valence electrons. The smallest absolute Gasteiger partial charge is 0.0953 e. The fourth-order valence-electron chi connectivity index (χ4n) is 2.63. The van der Waals surface area contributed by atoms with E-state index in [0.717, 1.165) is 31.7 Å². The Bertz CT molecular complexity index is 419. The zero-order chi connectivity index (χ0) is 13.8. The molecule has 0 saturated carbocycles. The molecule has 3 nitrogen and oxygen atoms in total. The number of rotatable bonds is 4. The van der Waals surface area contributed by atoms with Crippen molar-refractivity contribution < 1.29 is 5.11 Å². The summed E-state index contributed by atoms with van der Waals surface area (Å²) in [5.41, 5.74) is 2.28. The summed E-state index contributed by atoms with van der Waals surface area (Å²) in [5, 5.41) is 14.1. The van der Waals surface area contributed by atoms with Gasteiger partial charge in [0.15, 0.2) is 0 Å². The van der Waals surface area contributed by atoms with E-state index >= 15 is 0 Å². The Kier molecular flexibility index (Phi) is 5.28. The van der Waals surface area contributed by atoms with Crippen LogP contribution in [-0.2, 0) is 0 Å². The lowest BCUT2D eigenvalue weighted by Crippen LogP contribution is -2.49. The fourth-order valence-corrected chi connectivity index (χ4v) is 3.25. The van der Waals surface area contributed by atoms with Gasteiger partial charge in [0.1, 0.15) is 0 Å². The number of aryl methyl sites for hydroxylation is 1. The maximum absolute atomic E-state index is 10.7. The molecule has 1 aromatic rings. The summed E-state index contributed by atoms with van der Waals surface area (Å²) in [4.78, 5) is 3.55. The predicted molar refractivity (Wildman–Crippen MR) is 81.8 cm³/mol. The molecule has 1 saturated heterocycles. The van der Waals surface area contributed by atoms with Crippen LogP contribution in [-0.4, -0.2) is 48.5 Å². The Hall–Kier alpha value is -0.550.